The SMILES string of the molecule is CCNCC1CCc2ccc(N)cc21. The number of hydrogen-bond donors (Lipinski definition) is 2. The minimum atomic E-state index is 0.674. The van der Waals surface area contributed by atoms with Gasteiger partial charge >= 0.3 is 0 Å². The number of fused-ring (bicyclic) bond motifs is 1. The van der Waals surface area contributed by atoms with E-state index in [9.17, 15) is 0 Å². The number of aryl methyl sites for hydroxylation is 1. The molecule has 1 aromatic carbocycles. The Morgan fingerprint density at radius 3 is 3.14 bits per heavy atom. The molecule has 2 heteroatoms. The third-order valence-electron chi connectivity index (χ3n) is 3.01. The second kappa shape index (κ2) is 4.01. The summed E-state index contributed by atoms with van der Waals surface area (Å²) in [6, 6.07) is 6.33. The first-order valence-corrected chi connectivity index (χ1v) is 5.40. The van der Waals surface area contributed by atoms with Crippen molar-refractivity contribution in [1.29, 1.82) is 0 Å². The molecule has 0 radical (unpaired) electrons. The zero-order chi connectivity index (χ0) is 9.97. The lowest BCUT2D eigenvalue weighted by Gasteiger charge is -2.12. The first-order chi connectivity index (χ1) is 6.81. The Hall–Kier alpha value is -1.02. The summed E-state index contributed by atoms with van der Waals surface area (Å²) in [4.78, 5) is 0. The summed E-state index contributed by atoms with van der Waals surface area (Å²) in [5.74, 6) is 0.674. The highest BCUT2D eigenvalue weighted by Crippen LogP contribution is 2.33. The fourth-order valence-electron chi connectivity index (χ4n) is 2.24. The highest BCUT2D eigenvalue weighted by Gasteiger charge is 2.21. The minimum Gasteiger partial charge on any atom is -0.399 e. The summed E-state index contributed by atoms with van der Waals surface area (Å²) in [6.45, 7) is 4.29. The molecule has 0 heterocycles. The number of rotatable bonds is 3. The van der Waals surface area contributed by atoms with Crippen LogP contribution in [0, 0.1) is 0 Å². The van der Waals surface area contributed by atoms with Gasteiger partial charge < -0.3 is 11.1 Å². The molecule has 3 N–H and O–H groups in total. The number of nitrogens with one attached hydrogen (secondary N) is 1. The number of anilines is 1. The Balaban J connectivity index is 2.16. The molecule has 1 aromatic rings. The van der Waals surface area contributed by atoms with Crippen LogP contribution in [0.4, 0.5) is 5.69 Å². The molecule has 0 saturated heterocycles. The third kappa shape index (κ3) is 1.75. The van der Waals surface area contributed by atoms with E-state index in [0.717, 1.165) is 18.8 Å². The second-order valence-electron chi connectivity index (χ2n) is 4.00. The van der Waals surface area contributed by atoms with Crippen molar-refractivity contribution >= 4 is 5.69 Å². The number of nitrogens with two attached hydrogens (primary N) is 1. The van der Waals surface area contributed by atoms with Crippen LogP contribution in [-0.4, -0.2) is 13.1 Å². The maximum absolute atomic E-state index is 5.80. The van der Waals surface area contributed by atoms with E-state index in [1.807, 2.05) is 6.07 Å². The normalized spacial score (nSPS) is 19.6. The molecule has 0 fully saturated rings. The van der Waals surface area contributed by atoms with Crippen molar-refractivity contribution in [2.45, 2.75) is 25.7 Å². The van der Waals surface area contributed by atoms with Crippen LogP contribution < -0.4 is 11.1 Å². The van der Waals surface area contributed by atoms with Crippen LogP contribution in [0.5, 0.6) is 0 Å². The summed E-state index contributed by atoms with van der Waals surface area (Å²) in [5.41, 5.74) is 9.65. The molecule has 1 atom stereocenters. The van der Waals surface area contributed by atoms with E-state index in [-0.39, 0.29) is 0 Å². The van der Waals surface area contributed by atoms with Crippen molar-refractivity contribution in [3.63, 3.8) is 0 Å². The van der Waals surface area contributed by atoms with E-state index in [2.05, 4.69) is 24.4 Å². The van der Waals surface area contributed by atoms with Crippen molar-refractivity contribution in [3.05, 3.63) is 29.3 Å². The van der Waals surface area contributed by atoms with Crippen LogP contribution in [-0.2, 0) is 6.42 Å². The van der Waals surface area contributed by atoms with Gasteiger partial charge in [0.05, 0.1) is 0 Å². The molecule has 2 rings (SSSR count). The summed E-state index contributed by atoms with van der Waals surface area (Å²) in [5, 5.41) is 3.41. The molecule has 1 unspecified atom stereocenters. The second-order valence-corrected chi connectivity index (χ2v) is 4.00. The molecular formula is C12H18N2. The van der Waals surface area contributed by atoms with E-state index in [0.29, 0.717) is 5.92 Å². The van der Waals surface area contributed by atoms with Gasteiger partial charge in [-0.05, 0) is 48.6 Å². The maximum atomic E-state index is 5.80. The molecule has 1 aliphatic rings. The third-order valence-corrected chi connectivity index (χ3v) is 3.01. The van der Waals surface area contributed by atoms with Gasteiger partial charge in [-0.1, -0.05) is 13.0 Å². The number of hydrogen-bond acceptors (Lipinski definition) is 2. The Morgan fingerprint density at radius 2 is 2.36 bits per heavy atom. The van der Waals surface area contributed by atoms with Gasteiger partial charge in [-0.15, -0.1) is 0 Å². The van der Waals surface area contributed by atoms with Gasteiger partial charge in [0.15, 0.2) is 0 Å². The smallest absolute Gasteiger partial charge is 0.0317 e. The van der Waals surface area contributed by atoms with E-state index in [1.54, 1.807) is 0 Å². The summed E-state index contributed by atoms with van der Waals surface area (Å²) >= 11 is 0. The monoisotopic (exact) mass is 190 g/mol. The first kappa shape index (κ1) is 9.53. The van der Waals surface area contributed by atoms with Crippen molar-refractivity contribution in [2.24, 2.45) is 0 Å². The van der Waals surface area contributed by atoms with Gasteiger partial charge in [0, 0.05) is 12.2 Å². The zero-order valence-corrected chi connectivity index (χ0v) is 8.72. The van der Waals surface area contributed by atoms with Gasteiger partial charge in [-0.25, -0.2) is 0 Å². The van der Waals surface area contributed by atoms with E-state index in [1.165, 1.54) is 24.0 Å². The molecule has 14 heavy (non-hydrogen) atoms. The van der Waals surface area contributed by atoms with Crippen molar-refractivity contribution in [1.82, 2.24) is 5.32 Å². The molecule has 76 valence electrons. The molecule has 0 aliphatic heterocycles. The minimum absolute atomic E-state index is 0.674. The molecular weight excluding hydrogens is 172 g/mol. The van der Waals surface area contributed by atoms with Crippen LogP contribution in [0.3, 0.4) is 0 Å². The van der Waals surface area contributed by atoms with Gasteiger partial charge in [-0.2, -0.15) is 0 Å². The van der Waals surface area contributed by atoms with Crippen molar-refractivity contribution in [2.75, 3.05) is 18.8 Å². The van der Waals surface area contributed by atoms with Gasteiger partial charge in [-0.3, -0.25) is 0 Å². The molecule has 0 bridgehead atoms. The topological polar surface area (TPSA) is 38.0 Å². The van der Waals surface area contributed by atoms with Crippen molar-refractivity contribution < 1.29 is 0 Å². The van der Waals surface area contributed by atoms with E-state index in [4.69, 9.17) is 5.73 Å². The molecule has 0 amide bonds. The predicted molar refractivity (Wildman–Crippen MR) is 60.5 cm³/mol. The molecule has 1 aliphatic carbocycles. The van der Waals surface area contributed by atoms with Crippen LogP contribution in [0.1, 0.15) is 30.4 Å². The van der Waals surface area contributed by atoms with E-state index >= 15 is 0 Å². The largest absolute Gasteiger partial charge is 0.399 e. The zero-order valence-electron chi connectivity index (χ0n) is 8.72. The highest BCUT2D eigenvalue weighted by molar-refractivity contribution is 5.48. The number of likely N-dealkylation sites (N-methyl/N-ethyl adjacent to an activating group) is 1. The molecule has 0 saturated carbocycles. The maximum Gasteiger partial charge on any atom is 0.0317 e. The average Bonchev–Trinajstić information content (AvgIpc) is 2.57. The Kier molecular flexibility index (Phi) is 2.73. The van der Waals surface area contributed by atoms with Crippen LogP contribution >= 0.6 is 0 Å². The van der Waals surface area contributed by atoms with Crippen LogP contribution in [0.15, 0.2) is 18.2 Å². The molecule has 0 aromatic heterocycles. The Morgan fingerprint density at radius 1 is 1.50 bits per heavy atom. The van der Waals surface area contributed by atoms with E-state index < -0.39 is 0 Å². The fraction of sp³-hybridized carbons (Fsp3) is 0.500. The van der Waals surface area contributed by atoms with Gasteiger partial charge in [0.2, 0.25) is 0 Å². The Bertz CT molecular complexity index is 320. The number of benzene rings is 1. The summed E-state index contributed by atoms with van der Waals surface area (Å²) < 4.78 is 0. The quantitative estimate of drug-likeness (QED) is 0.714. The molecule has 0 spiro atoms. The standard InChI is InChI=1S/C12H18N2/c1-2-14-8-10-4-3-9-5-6-11(13)7-12(9)10/h5-7,10,14H,2-4,8,13H2,1H3. The molecule has 2 nitrogen and oxygen atoms in total. The lowest BCUT2D eigenvalue weighted by Crippen LogP contribution is -2.19. The average molecular weight is 190 g/mol. The van der Waals surface area contributed by atoms with Crippen molar-refractivity contribution in [3.8, 4) is 0 Å². The summed E-state index contributed by atoms with van der Waals surface area (Å²) in [7, 11) is 0. The van der Waals surface area contributed by atoms with Crippen LogP contribution in [0.2, 0.25) is 0 Å². The lowest BCUT2D eigenvalue weighted by molar-refractivity contribution is 0.594. The summed E-state index contributed by atoms with van der Waals surface area (Å²) in [6.07, 6.45) is 2.48. The predicted octanol–water partition coefficient (Wildman–Crippen LogP) is 1.91. The van der Waals surface area contributed by atoms with Crippen LogP contribution in [0.25, 0.3) is 0 Å². The first-order valence-electron chi connectivity index (χ1n) is 5.40. The number of nitrogen functional groups attached to an aromatic ring is 1. The lowest BCUT2D eigenvalue weighted by atomic mass is 10.0. The highest BCUT2D eigenvalue weighted by atomic mass is 14.8. The van der Waals surface area contributed by atoms with Gasteiger partial charge in [0.25, 0.3) is 0 Å². The fourth-order valence-corrected chi connectivity index (χ4v) is 2.24. The Labute approximate surface area is 85.5 Å². The van der Waals surface area contributed by atoms with Gasteiger partial charge in [0.1, 0.15) is 0 Å².